The average Bonchev–Trinajstić information content (AvgIpc) is 2.49. The van der Waals surface area contributed by atoms with Gasteiger partial charge in [0.15, 0.2) is 5.16 Å². The number of halogens is 2. The topological polar surface area (TPSA) is 46.1 Å². The number of rotatable bonds is 2. The molecule has 1 aromatic heterocycles. The summed E-state index contributed by atoms with van der Waals surface area (Å²) >= 11 is 15.4. The third-order valence-electron chi connectivity index (χ3n) is 3.19. The van der Waals surface area contributed by atoms with Crippen molar-refractivity contribution in [2.75, 3.05) is 11.2 Å². The van der Waals surface area contributed by atoms with Crippen molar-refractivity contribution >= 4 is 58.3 Å². The van der Waals surface area contributed by atoms with Gasteiger partial charge in [-0.2, -0.15) is 0 Å². The van der Waals surface area contributed by atoms with E-state index < -0.39 is 0 Å². The number of carbonyl (C=O) groups is 1. The molecule has 22 heavy (non-hydrogen) atoms. The predicted octanol–water partition coefficient (Wildman–Crippen LogP) is 4.60. The van der Waals surface area contributed by atoms with Crippen molar-refractivity contribution in [2.45, 2.75) is 22.5 Å². The number of hydrogen-bond donors (Lipinski definition) is 0. The van der Waals surface area contributed by atoms with Crippen LogP contribution in [0.1, 0.15) is 17.3 Å². The molecule has 1 atom stereocenters. The first-order valence-electron chi connectivity index (χ1n) is 6.38. The molecule has 0 radical (unpaired) electrons. The van der Waals surface area contributed by atoms with Gasteiger partial charge in [-0.15, -0.1) is 0 Å². The molecule has 0 saturated carbocycles. The van der Waals surface area contributed by atoms with Crippen molar-refractivity contribution in [1.82, 2.24) is 9.97 Å². The number of aromatic nitrogens is 2. The summed E-state index contributed by atoms with van der Waals surface area (Å²) in [5.41, 5.74) is 0.993. The highest BCUT2D eigenvalue weighted by molar-refractivity contribution is 8.00. The summed E-state index contributed by atoms with van der Waals surface area (Å²) in [6.45, 7) is 1.92. The van der Waals surface area contributed by atoms with Crippen LogP contribution in [0.2, 0.25) is 10.0 Å². The molecule has 4 nitrogen and oxygen atoms in total. The number of benzene rings is 1. The summed E-state index contributed by atoms with van der Waals surface area (Å²) in [5, 5.41) is 2.06. The van der Waals surface area contributed by atoms with Gasteiger partial charge in [0.1, 0.15) is 5.03 Å². The van der Waals surface area contributed by atoms with Crippen LogP contribution in [0, 0.1) is 0 Å². The van der Waals surface area contributed by atoms with Gasteiger partial charge >= 0.3 is 0 Å². The Hall–Kier alpha value is -0.950. The predicted molar refractivity (Wildman–Crippen MR) is 92.4 cm³/mol. The standard InChI is InChI=1S/C14H11Cl2N3OS2/c1-7-19(11-9(15)4-3-5-10(11)16)13(20)8-6-17-14(21-2)18-12(8)22-7/h3-7H,1-2H3. The van der Waals surface area contributed by atoms with Crippen LogP contribution in [0.4, 0.5) is 5.69 Å². The van der Waals surface area contributed by atoms with Gasteiger partial charge in [0.2, 0.25) is 0 Å². The molecule has 1 unspecified atom stereocenters. The number of fused-ring (bicyclic) bond motifs is 1. The minimum atomic E-state index is -0.191. The molecule has 0 spiro atoms. The number of hydrogen-bond acceptors (Lipinski definition) is 5. The monoisotopic (exact) mass is 371 g/mol. The van der Waals surface area contributed by atoms with Crippen LogP contribution >= 0.6 is 46.7 Å². The van der Waals surface area contributed by atoms with Crippen LogP contribution in [-0.2, 0) is 0 Å². The van der Waals surface area contributed by atoms with E-state index in [-0.39, 0.29) is 11.3 Å². The molecule has 1 aromatic carbocycles. The zero-order chi connectivity index (χ0) is 15.9. The fourth-order valence-electron chi connectivity index (χ4n) is 2.20. The molecular formula is C14H11Cl2N3OS2. The highest BCUT2D eigenvalue weighted by Gasteiger charge is 2.35. The van der Waals surface area contributed by atoms with Crippen molar-refractivity contribution < 1.29 is 4.79 Å². The summed E-state index contributed by atoms with van der Waals surface area (Å²) < 4.78 is 0. The Balaban J connectivity index is 2.10. The van der Waals surface area contributed by atoms with E-state index in [2.05, 4.69) is 9.97 Å². The Morgan fingerprint density at radius 3 is 2.64 bits per heavy atom. The average molecular weight is 372 g/mol. The molecule has 0 bridgehead atoms. The zero-order valence-corrected chi connectivity index (χ0v) is 14.9. The minimum Gasteiger partial charge on any atom is -0.293 e. The van der Waals surface area contributed by atoms with Crippen LogP contribution < -0.4 is 4.90 Å². The lowest BCUT2D eigenvalue weighted by molar-refractivity contribution is 0.0979. The molecule has 8 heteroatoms. The van der Waals surface area contributed by atoms with E-state index in [4.69, 9.17) is 23.2 Å². The number of nitrogens with zero attached hydrogens (tertiary/aromatic N) is 3. The van der Waals surface area contributed by atoms with Gasteiger partial charge < -0.3 is 0 Å². The molecule has 3 rings (SSSR count). The highest BCUT2D eigenvalue weighted by Crippen LogP contribution is 2.42. The van der Waals surface area contributed by atoms with Crippen molar-refractivity contribution in [2.24, 2.45) is 0 Å². The lowest BCUT2D eigenvalue weighted by Crippen LogP contribution is -2.41. The molecule has 0 fully saturated rings. The Kier molecular flexibility index (Phi) is 4.54. The smallest absolute Gasteiger partial charge is 0.263 e. The molecule has 1 aliphatic rings. The van der Waals surface area contributed by atoms with Gasteiger partial charge in [-0.1, -0.05) is 52.8 Å². The Labute approximate surface area is 146 Å². The number of amides is 1. The van der Waals surface area contributed by atoms with E-state index in [1.54, 1.807) is 29.3 Å². The normalized spacial score (nSPS) is 17.5. The summed E-state index contributed by atoms with van der Waals surface area (Å²) in [6.07, 6.45) is 3.46. The lowest BCUT2D eigenvalue weighted by Gasteiger charge is -2.34. The molecule has 2 aromatic rings. The molecule has 0 saturated heterocycles. The summed E-state index contributed by atoms with van der Waals surface area (Å²) in [5.74, 6) is -0.191. The van der Waals surface area contributed by atoms with Gasteiger partial charge in [0.25, 0.3) is 5.91 Å². The Morgan fingerprint density at radius 2 is 2.00 bits per heavy atom. The lowest BCUT2D eigenvalue weighted by atomic mass is 10.2. The van der Waals surface area contributed by atoms with Crippen molar-refractivity contribution in [1.29, 1.82) is 0 Å². The Morgan fingerprint density at radius 1 is 1.32 bits per heavy atom. The van der Waals surface area contributed by atoms with E-state index >= 15 is 0 Å². The van der Waals surface area contributed by atoms with Gasteiger partial charge in [-0.3, -0.25) is 9.69 Å². The first-order chi connectivity index (χ1) is 10.5. The second-order valence-corrected chi connectivity index (χ2v) is 7.43. The zero-order valence-electron chi connectivity index (χ0n) is 11.7. The molecule has 1 amide bonds. The van der Waals surface area contributed by atoms with Crippen molar-refractivity contribution in [3.05, 3.63) is 40.0 Å². The van der Waals surface area contributed by atoms with Crippen LogP contribution in [0.15, 0.2) is 34.6 Å². The van der Waals surface area contributed by atoms with Crippen molar-refractivity contribution in [3.8, 4) is 0 Å². The highest BCUT2D eigenvalue weighted by atomic mass is 35.5. The maximum absolute atomic E-state index is 12.8. The maximum atomic E-state index is 12.8. The molecule has 0 N–H and O–H groups in total. The van der Waals surface area contributed by atoms with Gasteiger partial charge in [0.05, 0.1) is 26.7 Å². The van der Waals surface area contributed by atoms with Gasteiger partial charge in [-0.05, 0) is 25.3 Å². The van der Waals surface area contributed by atoms with E-state index in [1.165, 1.54) is 23.5 Å². The molecule has 0 aliphatic carbocycles. The fraction of sp³-hybridized carbons (Fsp3) is 0.214. The van der Waals surface area contributed by atoms with E-state index in [0.29, 0.717) is 31.5 Å². The van der Waals surface area contributed by atoms with Crippen LogP contribution in [-0.4, -0.2) is 27.5 Å². The maximum Gasteiger partial charge on any atom is 0.263 e. The third kappa shape index (κ3) is 2.69. The fourth-order valence-corrected chi connectivity index (χ4v) is 4.21. The third-order valence-corrected chi connectivity index (χ3v) is 5.45. The minimum absolute atomic E-state index is 0.165. The van der Waals surface area contributed by atoms with Gasteiger partial charge in [-0.25, -0.2) is 9.97 Å². The summed E-state index contributed by atoms with van der Waals surface area (Å²) in [7, 11) is 0. The quantitative estimate of drug-likeness (QED) is 0.438. The molecule has 2 heterocycles. The Bertz CT molecular complexity index is 737. The van der Waals surface area contributed by atoms with E-state index in [0.717, 1.165) is 0 Å². The largest absolute Gasteiger partial charge is 0.293 e. The van der Waals surface area contributed by atoms with Crippen LogP contribution in [0.3, 0.4) is 0 Å². The molecule has 114 valence electrons. The van der Waals surface area contributed by atoms with Gasteiger partial charge in [0, 0.05) is 6.20 Å². The van der Waals surface area contributed by atoms with E-state index in [9.17, 15) is 4.79 Å². The number of para-hydroxylation sites is 1. The first kappa shape index (κ1) is 15.9. The SMILES string of the molecule is CSc1ncc2c(n1)SC(C)N(c1c(Cl)cccc1Cl)C2=O. The summed E-state index contributed by atoms with van der Waals surface area (Å²) in [4.78, 5) is 23.0. The number of thioether (sulfide) groups is 2. The number of anilines is 1. The van der Waals surface area contributed by atoms with Crippen molar-refractivity contribution in [3.63, 3.8) is 0 Å². The second-order valence-electron chi connectivity index (χ2n) is 4.54. The number of carbonyl (C=O) groups excluding carboxylic acids is 1. The second kappa shape index (κ2) is 6.28. The molecular weight excluding hydrogens is 361 g/mol. The summed E-state index contributed by atoms with van der Waals surface area (Å²) in [6, 6.07) is 5.19. The van der Waals surface area contributed by atoms with Crippen LogP contribution in [0.5, 0.6) is 0 Å². The first-order valence-corrected chi connectivity index (χ1v) is 9.24. The molecule has 1 aliphatic heterocycles. The van der Waals surface area contributed by atoms with E-state index in [1.807, 2.05) is 13.2 Å². The van der Waals surface area contributed by atoms with Crippen LogP contribution in [0.25, 0.3) is 0 Å².